The summed E-state index contributed by atoms with van der Waals surface area (Å²) in [6, 6.07) is 2.58. The Bertz CT molecular complexity index is 757. The minimum atomic E-state index is -0.690. The van der Waals surface area contributed by atoms with Gasteiger partial charge in [-0.1, -0.05) is 13.8 Å². The standard InChI is InChI=1S/C22H30N4O3/c1-13(2)18(20(28)26-25-19(27)17-4-3-5-23-12-17)24-21(29)22-9-14-6-15(10-22)8-16(7-14)11-22/h3-5,12-16,18H,6-11H2,1-2H3,(H,24,29)(H,25,27)(H,26,28)/t14?,15?,16?,18-,22?/m0/s1. The molecule has 4 aliphatic carbocycles. The summed E-state index contributed by atoms with van der Waals surface area (Å²) in [6.45, 7) is 3.79. The van der Waals surface area contributed by atoms with Gasteiger partial charge < -0.3 is 5.32 Å². The van der Waals surface area contributed by atoms with Gasteiger partial charge in [-0.25, -0.2) is 0 Å². The van der Waals surface area contributed by atoms with Crippen LogP contribution in [0.1, 0.15) is 62.7 Å². The molecule has 1 atom stereocenters. The number of carbonyl (C=O) groups excluding carboxylic acids is 3. The van der Waals surface area contributed by atoms with Crippen LogP contribution in [0.25, 0.3) is 0 Å². The number of nitrogens with zero attached hydrogens (tertiary/aromatic N) is 1. The highest BCUT2D eigenvalue weighted by atomic mass is 16.2. The maximum absolute atomic E-state index is 13.3. The summed E-state index contributed by atoms with van der Waals surface area (Å²) in [4.78, 5) is 42.1. The van der Waals surface area contributed by atoms with Gasteiger partial charge in [0.05, 0.1) is 5.56 Å². The van der Waals surface area contributed by atoms with E-state index in [9.17, 15) is 14.4 Å². The summed E-state index contributed by atoms with van der Waals surface area (Å²) in [5, 5.41) is 3.02. The van der Waals surface area contributed by atoms with E-state index in [2.05, 4.69) is 21.2 Å². The molecule has 7 heteroatoms. The molecular weight excluding hydrogens is 368 g/mol. The molecule has 0 unspecified atom stereocenters. The SMILES string of the molecule is CC(C)[C@H](NC(=O)C12CC3CC(CC(C3)C1)C2)C(=O)NNC(=O)c1cccnc1. The second kappa shape index (κ2) is 7.76. The van der Waals surface area contributed by atoms with Crippen LogP contribution < -0.4 is 16.2 Å². The van der Waals surface area contributed by atoms with Gasteiger partial charge in [0.1, 0.15) is 6.04 Å². The van der Waals surface area contributed by atoms with Crippen LogP contribution in [0, 0.1) is 29.1 Å². The second-order valence-electron chi connectivity index (χ2n) is 9.58. The van der Waals surface area contributed by atoms with Crippen LogP contribution in [0.4, 0.5) is 0 Å². The first-order valence-corrected chi connectivity index (χ1v) is 10.7. The van der Waals surface area contributed by atoms with Crippen molar-refractivity contribution < 1.29 is 14.4 Å². The molecule has 1 aromatic heterocycles. The molecule has 5 rings (SSSR count). The van der Waals surface area contributed by atoms with Crippen molar-refractivity contribution in [2.75, 3.05) is 0 Å². The lowest BCUT2D eigenvalue weighted by atomic mass is 9.49. The Labute approximate surface area is 171 Å². The van der Waals surface area contributed by atoms with Crippen molar-refractivity contribution in [2.45, 2.75) is 58.4 Å². The number of amides is 3. The van der Waals surface area contributed by atoms with E-state index in [-0.39, 0.29) is 17.2 Å². The van der Waals surface area contributed by atoms with Gasteiger partial charge in [-0.3, -0.25) is 30.2 Å². The first-order valence-electron chi connectivity index (χ1n) is 10.7. The molecule has 3 N–H and O–H groups in total. The van der Waals surface area contributed by atoms with Crippen LogP contribution in [0.2, 0.25) is 0 Å². The highest BCUT2D eigenvalue weighted by Gasteiger charge is 2.55. The normalized spacial score (nSPS) is 30.7. The number of hydrogen-bond acceptors (Lipinski definition) is 4. The Morgan fingerprint density at radius 1 is 1.03 bits per heavy atom. The molecule has 1 heterocycles. The summed E-state index contributed by atoms with van der Waals surface area (Å²) < 4.78 is 0. The molecule has 1 aromatic rings. The van der Waals surface area contributed by atoms with E-state index >= 15 is 0 Å². The van der Waals surface area contributed by atoms with Crippen LogP contribution in [0.15, 0.2) is 24.5 Å². The van der Waals surface area contributed by atoms with E-state index in [0.717, 1.165) is 19.3 Å². The topological polar surface area (TPSA) is 100 Å². The van der Waals surface area contributed by atoms with E-state index in [1.54, 1.807) is 18.3 Å². The Morgan fingerprint density at radius 3 is 2.17 bits per heavy atom. The summed E-state index contributed by atoms with van der Waals surface area (Å²) in [7, 11) is 0. The molecule has 4 fully saturated rings. The van der Waals surface area contributed by atoms with Crippen molar-refractivity contribution in [3.63, 3.8) is 0 Å². The maximum Gasteiger partial charge on any atom is 0.271 e. The van der Waals surface area contributed by atoms with Crippen LogP contribution in [-0.2, 0) is 9.59 Å². The molecular formula is C22H30N4O3. The van der Waals surface area contributed by atoms with Gasteiger partial charge in [0, 0.05) is 17.8 Å². The Balaban J connectivity index is 1.38. The monoisotopic (exact) mass is 398 g/mol. The van der Waals surface area contributed by atoms with Crippen molar-refractivity contribution in [1.82, 2.24) is 21.2 Å². The highest BCUT2D eigenvalue weighted by Crippen LogP contribution is 2.60. The first kappa shape index (κ1) is 19.9. The van der Waals surface area contributed by atoms with Gasteiger partial charge in [-0.05, 0) is 74.3 Å². The lowest BCUT2D eigenvalue weighted by Crippen LogP contribution is -2.59. The third-order valence-corrected chi connectivity index (χ3v) is 6.98. The fraction of sp³-hybridized carbons (Fsp3) is 0.636. The molecule has 3 amide bonds. The number of hydrazine groups is 1. The molecule has 0 saturated heterocycles. The lowest BCUT2D eigenvalue weighted by molar-refractivity contribution is -0.149. The molecule has 156 valence electrons. The zero-order chi connectivity index (χ0) is 20.6. The van der Waals surface area contributed by atoms with Gasteiger partial charge in [-0.2, -0.15) is 0 Å². The molecule has 7 nitrogen and oxygen atoms in total. The molecule has 0 aromatic carbocycles. The summed E-state index contributed by atoms with van der Waals surface area (Å²) >= 11 is 0. The highest BCUT2D eigenvalue weighted by molar-refractivity contribution is 5.96. The quantitative estimate of drug-likeness (QED) is 0.662. The van der Waals surface area contributed by atoms with Crippen LogP contribution in [0.3, 0.4) is 0 Å². The van der Waals surface area contributed by atoms with Crippen molar-refractivity contribution in [3.8, 4) is 0 Å². The fourth-order valence-corrected chi connectivity index (χ4v) is 5.98. The molecule has 0 spiro atoms. The van der Waals surface area contributed by atoms with Crippen molar-refractivity contribution >= 4 is 17.7 Å². The number of nitrogens with one attached hydrogen (secondary N) is 3. The molecule has 4 saturated carbocycles. The molecule has 29 heavy (non-hydrogen) atoms. The van der Waals surface area contributed by atoms with Crippen molar-refractivity contribution in [2.24, 2.45) is 29.1 Å². The summed E-state index contributed by atoms with van der Waals surface area (Å²) in [5.41, 5.74) is 4.92. The number of aromatic nitrogens is 1. The Kier molecular flexibility index (Phi) is 5.32. The van der Waals surface area contributed by atoms with Gasteiger partial charge in [0.25, 0.3) is 11.8 Å². The molecule has 4 bridgehead atoms. The minimum absolute atomic E-state index is 0.0176. The average Bonchev–Trinajstić information content (AvgIpc) is 2.69. The number of carbonyl (C=O) groups is 3. The van der Waals surface area contributed by atoms with E-state index in [4.69, 9.17) is 0 Å². The van der Waals surface area contributed by atoms with E-state index < -0.39 is 17.9 Å². The van der Waals surface area contributed by atoms with Crippen LogP contribution >= 0.6 is 0 Å². The van der Waals surface area contributed by atoms with Gasteiger partial charge in [0.2, 0.25) is 5.91 Å². The van der Waals surface area contributed by atoms with E-state index in [1.807, 2.05) is 13.8 Å². The van der Waals surface area contributed by atoms with Crippen LogP contribution in [0.5, 0.6) is 0 Å². The number of rotatable bonds is 5. The molecule has 4 aliphatic rings. The van der Waals surface area contributed by atoms with Gasteiger partial charge in [-0.15, -0.1) is 0 Å². The third-order valence-electron chi connectivity index (χ3n) is 6.98. The maximum atomic E-state index is 13.3. The van der Waals surface area contributed by atoms with Crippen molar-refractivity contribution in [1.29, 1.82) is 0 Å². The Morgan fingerprint density at radius 2 is 1.66 bits per heavy atom. The Hall–Kier alpha value is -2.44. The van der Waals surface area contributed by atoms with Gasteiger partial charge in [0.15, 0.2) is 0 Å². The van der Waals surface area contributed by atoms with E-state index in [1.165, 1.54) is 25.5 Å². The minimum Gasteiger partial charge on any atom is -0.344 e. The number of pyridine rings is 1. The summed E-state index contributed by atoms with van der Waals surface area (Å²) in [5.74, 6) is 1.06. The molecule has 0 radical (unpaired) electrons. The van der Waals surface area contributed by atoms with Crippen LogP contribution in [-0.4, -0.2) is 28.7 Å². The predicted octanol–water partition coefficient (Wildman–Crippen LogP) is 2.20. The van der Waals surface area contributed by atoms with Gasteiger partial charge >= 0.3 is 0 Å². The zero-order valence-corrected chi connectivity index (χ0v) is 17.1. The second-order valence-corrected chi connectivity index (χ2v) is 9.58. The largest absolute Gasteiger partial charge is 0.344 e. The third kappa shape index (κ3) is 4.00. The smallest absolute Gasteiger partial charge is 0.271 e. The van der Waals surface area contributed by atoms with E-state index in [0.29, 0.717) is 23.3 Å². The summed E-state index contributed by atoms with van der Waals surface area (Å²) in [6.07, 6.45) is 9.66. The predicted molar refractivity (Wildman–Crippen MR) is 107 cm³/mol. The first-order chi connectivity index (χ1) is 13.9. The fourth-order valence-electron chi connectivity index (χ4n) is 5.98. The molecule has 0 aliphatic heterocycles. The lowest BCUT2D eigenvalue weighted by Gasteiger charge is -2.55. The van der Waals surface area contributed by atoms with Crippen molar-refractivity contribution in [3.05, 3.63) is 30.1 Å². The number of hydrogen-bond donors (Lipinski definition) is 3. The average molecular weight is 399 g/mol. The zero-order valence-electron chi connectivity index (χ0n) is 17.1.